The minimum absolute atomic E-state index is 0.222. The third kappa shape index (κ3) is 2.54. The van der Waals surface area contributed by atoms with Crippen LogP contribution in [0.4, 0.5) is 17.6 Å². The Kier molecular flexibility index (Phi) is 3.81. The lowest BCUT2D eigenvalue weighted by Crippen LogP contribution is -2.10. The van der Waals surface area contributed by atoms with Crippen molar-refractivity contribution in [2.24, 2.45) is 0 Å². The van der Waals surface area contributed by atoms with Crippen LogP contribution >= 0.6 is 0 Å². The Balaban J connectivity index is 2.61. The summed E-state index contributed by atoms with van der Waals surface area (Å²) in [6.07, 6.45) is -1.84. The first-order chi connectivity index (χ1) is 9.31. The molecule has 1 N–H and O–H groups in total. The molecule has 0 saturated heterocycles. The molecule has 1 nitrogen and oxygen atoms in total. The smallest absolute Gasteiger partial charge is 0.135 e. The third-order valence-electron chi connectivity index (χ3n) is 3.07. The number of aliphatic hydroxyl groups excluding tert-OH is 1. The van der Waals surface area contributed by atoms with Gasteiger partial charge in [0.05, 0.1) is 5.56 Å². The van der Waals surface area contributed by atoms with Crippen LogP contribution in [0.15, 0.2) is 24.3 Å². The monoisotopic (exact) mass is 284 g/mol. The van der Waals surface area contributed by atoms with Crippen molar-refractivity contribution in [3.05, 3.63) is 69.8 Å². The fourth-order valence-electron chi connectivity index (χ4n) is 2.23. The summed E-state index contributed by atoms with van der Waals surface area (Å²) in [5.74, 6) is -4.38. The number of halogens is 4. The number of benzene rings is 2. The maximum Gasteiger partial charge on any atom is 0.135 e. The van der Waals surface area contributed by atoms with Gasteiger partial charge in [0.1, 0.15) is 29.4 Å². The van der Waals surface area contributed by atoms with E-state index < -0.39 is 34.9 Å². The second-order valence-corrected chi connectivity index (χ2v) is 4.66. The fourth-order valence-corrected chi connectivity index (χ4v) is 2.23. The minimum atomic E-state index is -1.84. The molecule has 0 aromatic heterocycles. The summed E-state index contributed by atoms with van der Waals surface area (Å²) in [5, 5.41) is 10.1. The van der Waals surface area contributed by atoms with Gasteiger partial charge in [-0.1, -0.05) is 6.07 Å². The van der Waals surface area contributed by atoms with E-state index in [-0.39, 0.29) is 5.56 Å². The molecule has 0 aliphatic heterocycles. The number of aryl methyl sites for hydroxylation is 2. The van der Waals surface area contributed by atoms with Gasteiger partial charge < -0.3 is 5.11 Å². The quantitative estimate of drug-likeness (QED) is 0.828. The molecule has 0 radical (unpaired) electrons. The number of hydrogen-bond donors (Lipinski definition) is 1. The van der Waals surface area contributed by atoms with Crippen LogP contribution in [-0.2, 0) is 0 Å². The van der Waals surface area contributed by atoms with Crippen LogP contribution < -0.4 is 0 Å². The number of rotatable bonds is 2. The predicted octanol–water partition coefficient (Wildman–Crippen LogP) is 3.94. The third-order valence-corrected chi connectivity index (χ3v) is 3.07. The molecule has 0 bridgehead atoms. The molecule has 0 aliphatic carbocycles. The SMILES string of the molecule is Cc1cc(C)c(C(O)c2c(F)cc(F)cc2F)c(F)c1. The molecule has 5 heteroatoms. The van der Waals surface area contributed by atoms with Crippen LogP contribution in [0.25, 0.3) is 0 Å². The van der Waals surface area contributed by atoms with Crippen molar-refractivity contribution in [1.29, 1.82) is 0 Å². The van der Waals surface area contributed by atoms with E-state index >= 15 is 0 Å². The molecule has 2 aromatic rings. The van der Waals surface area contributed by atoms with Crippen molar-refractivity contribution >= 4 is 0 Å². The van der Waals surface area contributed by atoms with Crippen LogP contribution in [0.2, 0.25) is 0 Å². The average molecular weight is 284 g/mol. The maximum absolute atomic E-state index is 13.9. The van der Waals surface area contributed by atoms with Gasteiger partial charge in [-0.15, -0.1) is 0 Å². The number of aliphatic hydroxyl groups is 1. The molecule has 1 unspecified atom stereocenters. The van der Waals surface area contributed by atoms with Gasteiger partial charge in [-0.25, -0.2) is 17.6 Å². The molecular formula is C15H12F4O. The highest BCUT2D eigenvalue weighted by molar-refractivity contribution is 5.39. The predicted molar refractivity (Wildman–Crippen MR) is 66.3 cm³/mol. The molecule has 0 spiro atoms. The van der Waals surface area contributed by atoms with E-state index in [1.807, 2.05) is 0 Å². The second kappa shape index (κ2) is 5.25. The van der Waals surface area contributed by atoms with E-state index in [1.165, 1.54) is 6.92 Å². The molecule has 2 aromatic carbocycles. The zero-order valence-electron chi connectivity index (χ0n) is 10.8. The highest BCUT2D eigenvalue weighted by atomic mass is 19.1. The Labute approximate surface area is 113 Å². The van der Waals surface area contributed by atoms with E-state index in [0.29, 0.717) is 23.3 Å². The molecular weight excluding hydrogens is 272 g/mol. The topological polar surface area (TPSA) is 20.2 Å². The zero-order chi connectivity index (χ0) is 15.0. The lowest BCUT2D eigenvalue weighted by molar-refractivity contribution is 0.203. The fraction of sp³-hybridized carbons (Fsp3) is 0.200. The highest BCUT2D eigenvalue weighted by Gasteiger charge is 2.25. The van der Waals surface area contributed by atoms with E-state index in [4.69, 9.17) is 0 Å². The van der Waals surface area contributed by atoms with Crippen molar-refractivity contribution in [1.82, 2.24) is 0 Å². The Morgan fingerprint density at radius 2 is 1.30 bits per heavy atom. The van der Waals surface area contributed by atoms with Crippen molar-refractivity contribution in [2.75, 3.05) is 0 Å². The van der Waals surface area contributed by atoms with E-state index in [0.717, 1.165) is 6.07 Å². The van der Waals surface area contributed by atoms with Gasteiger partial charge in [-0.05, 0) is 31.0 Å². The summed E-state index contributed by atoms with van der Waals surface area (Å²) in [6, 6.07) is 3.64. The molecule has 0 saturated carbocycles. The summed E-state index contributed by atoms with van der Waals surface area (Å²) in [7, 11) is 0. The van der Waals surface area contributed by atoms with E-state index in [1.54, 1.807) is 13.0 Å². The first-order valence-electron chi connectivity index (χ1n) is 5.90. The van der Waals surface area contributed by atoms with Gasteiger partial charge in [0.15, 0.2) is 0 Å². The lowest BCUT2D eigenvalue weighted by atomic mass is 9.94. The van der Waals surface area contributed by atoms with Crippen molar-refractivity contribution in [2.45, 2.75) is 20.0 Å². The summed E-state index contributed by atoms with van der Waals surface area (Å²) in [4.78, 5) is 0. The Bertz CT molecular complexity index is 563. The summed E-state index contributed by atoms with van der Waals surface area (Å²) >= 11 is 0. The standard InChI is InChI=1S/C15H12F4O/c1-7-3-8(2)13(10(17)4-7)15(20)14-11(18)5-9(16)6-12(14)19/h3-6,15,20H,1-2H3. The Morgan fingerprint density at radius 1 is 0.800 bits per heavy atom. The summed E-state index contributed by atoms with van der Waals surface area (Å²) in [6.45, 7) is 3.18. The molecule has 20 heavy (non-hydrogen) atoms. The van der Waals surface area contributed by atoms with Gasteiger partial charge in [0.2, 0.25) is 0 Å². The van der Waals surface area contributed by atoms with Gasteiger partial charge in [-0.2, -0.15) is 0 Å². The van der Waals surface area contributed by atoms with Crippen LogP contribution in [0.3, 0.4) is 0 Å². The minimum Gasteiger partial charge on any atom is -0.383 e. The lowest BCUT2D eigenvalue weighted by Gasteiger charge is -2.17. The number of hydrogen-bond acceptors (Lipinski definition) is 1. The maximum atomic E-state index is 13.9. The first-order valence-corrected chi connectivity index (χ1v) is 5.90. The highest BCUT2D eigenvalue weighted by Crippen LogP contribution is 2.31. The summed E-state index contributed by atoms with van der Waals surface area (Å²) in [5.41, 5.74) is -0.00798. The van der Waals surface area contributed by atoms with Crippen molar-refractivity contribution in [3.8, 4) is 0 Å². The first kappa shape index (κ1) is 14.5. The molecule has 0 aliphatic rings. The van der Waals surface area contributed by atoms with Crippen molar-refractivity contribution in [3.63, 3.8) is 0 Å². The average Bonchev–Trinajstić information content (AvgIpc) is 2.25. The van der Waals surface area contributed by atoms with Crippen LogP contribution in [-0.4, -0.2) is 5.11 Å². The molecule has 1 atom stereocenters. The van der Waals surface area contributed by atoms with E-state index in [9.17, 15) is 22.7 Å². The molecule has 0 fully saturated rings. The van der Waals surface area contributed by atoms with Gasteiger partial charge >= 0.3 is 0 Å². The normalized spacial score (nSPS) is 12.6. The Morgan fingerprint density at radius 3 is 1.80 bits per heavy atom. The molecule has 0 amide bonds. The summed E-state index contributed by atoms with van der Waals surface area (Å²) < 4.78 is 54.0. The Hall–Kier alpha value is -1.88. The van der Waals surface area contributed by atoms with Crippen LogP contribution in [0.1, 0.15) is 28.4 Å². The van der Waals surface area contributed by atoms with Crippen LogP contribution in [0, 0.1) is 37.1 Å². The largest absolute Gasteiger partial charge is 0.383 e. The molecule has 106 valence electrons. The van der Waals surface area contributed by atoms with Gasteiger partial charge in [0.25, 0.3) is 0 Å². The van der Waals surface area contributed by atoms with Crippen LogP contribution in [0.5, 0.6) is 0 Å². The van der Waals surface area contributed by atoms with E-state index in [2.05, 4.69) is 0 Å². The van der Waals surface area contributed by atoms with Gasteiger partial charge in [0, 0.05) is 17.7 Å². The zero-order valence-corrected chi connectivity index (χ0v) is 10.8. The molecule has 2 rings (SSSR count). The molecule has 0 heterocycles. The van der Waals surface area contributed by atoms with Crippen molar-refractivity contribution < 1.29 is 22.7 Å². The van der Waals surface area contributed by atoms with Gasteiger partial charge in [-0.3, -0.25) is 0 Å². The second-order valence-electron chi connectivity index (χ2n) is 4.66.